The fourth-order valence-electron chi connectivity index (χ4n) is 0.983. The van der Waals surface area contributed by atoms with Gasteiger partial charge in [-0.15, -0.1) is 0 Å². The summed E-state index contributed by atoms with van der Waals surface area (Å²) in [6.07, 6.45) is 2.44. The van der Waals surface area contributed by atoms with Crippen LogP contribution in [0.4, 0.5) is 0 Å². The van der Waals surface area contributed by atoms with Crippen LogP contribution < -0.4 is 0 Å². The summed E-state index contributed by atoms with van der Waals surface area (Å²) in [6, 6.07) is 0. The highest BCUT2D eigenvalue weighted by Crippen LogP contribution is 2.02. The molecule has 0 atom stereocenters. The lowest BCUT2D eigenvalue weighted by Gasteiger charge is -2.15. The van der Waals surface area contributed by atoms with Crippen molar-refractivity contribution in [2.75, 3.05) is 26.0 Å². The Morgan fingerprint density at radius 2 is 1.85 bits per heavy atom. The monoisotopic (exact) mass is 209 g/mol. The smallest absolute Gasteiger partial charge is 0.213 e. The Kier molecular flexibility index (Phi) is 6.28. The van der Waals surface area contributed by atoms with Gasteiger partial charge in [0, 0.05) is 20.2 Å². The molecule has 0 spiro atoms. The van der Waals surface area contributed by atoms with E-state index in [0.717, 1.165) is 19.3 Å². The third-order valence-corrected chi connectivity index (χ3v) is 3.83. The van der Waals surface area contributed by atoms with Gasteiger partial charge in [0.25, 0.3) is 0 Å². The van der Waals surface area contributed by atoms with E-state index < -0.39 is 10.0 Å². The number of sulfonamides is 1. The molecule has 1 N–H and O–H groups in total. The molecule has 0 amide bonds. The maximum absolute atomic E-state index is 11.2. The first kappa shape index (κ1) is 12.9. The van der Waals surface area contributed by atoms with E-state index in [9.17, 15) is 8.42 Å². The molecule has 0 unspecified atom stereocenters. The quantitative estimate of drug-likeness (QED) is 0.619. The zero-order valence-corrected chi connectivity index (χ0v) is 9.18. The molecular weight excluding hydrogens is 190 g/mol. The van der Waals surface area contributed by atoms with E-state index in [1.807, 2.05) is 0 Å². The molecule has 0 aliphatic rings. The summed E-state index contributed by atoms with van der Waals surface area (Å²) in [6.45, 7) is 2.37. The lowest BCUT2D eigenvalue weighted by atomic mass is 10.2. The highest BCUT2D eigenvalue weighted by Gasteiger charge is 2.13. The van der Waals surface area contributed by atoms with Crippen LogP contribution in [0.5, 0.6) is 0 Å². The first-order valence-corrected chi connectivity index (χ1v) is 6.20. The molecule has 0 aromatic rings. The van der Waals surface area contributed by atoms with Gasteiger partial charge in [0.1, 0.15) is 0 Å². The molecular formula is C8H19NO3S. The van der Waals surface area contributed by atoms with E-state index in [2.05, 4.69) is 0 Å². The van der Waals surface area contributed by atoms with Crippen LogP contribution in [0.25, 0.3) is 0 Å². The van der Waals surface area contributed by atoms with Gasteiger partial charge in [-0.25, -0.2) is 12.7 Å². The molecule has 0 heterocycles. The van der Waals surface area contributed by atoms with Crippen molar-refractivity contribution in [3.05, 3.63) is 0 Å². The standard InChI is InChI=1S/C8H19NO3S/c1-3-13(11,12)9(2)7-5-4-6-8-10/h10H,3-8H2,1-2H3. The molecule has 0 aliphatic carbocycles. The molecule has 0 aromatic heterocycles. The van der Waals surface area contributed by atoms with Gasteiger partial charge in [-0.3, -0.25) is 0 Å². The van der Waals surface area contributed by atoms with Crippen molar-refractivity contribution in [2.45, 2.75) is 26.2 Å². The molecule has 0 bridgehead atoms. The minimum absolute atomic E-state index is 0.156. The number of rotatable bonds is 7. The highest BCUT2D eigenvalue weighted by atomic mass is 32.2. The van der Waals surface area contributed by atoms with Crippen LogP contribution in [-0.2, 0) is 10.0 Å². The Balaban J connectivity index is 3.69. The van der Waals surface area contributed by atoms with Crippen molar-refractivity contribution in [2.24, 2.45) is 0 Å². The molecule has 0 aromatic carbocycles. The zero-order valence-electron chi connectivity index (χ0n) is 8.36. The lowest BCUT2D eigenvalue weighted by molar-refractivity contribution is 0.281. The second-order valence-corrected chi connectivity index (χ2v) is 5.37. The molecule has 80 valence electrons. The Hall–Kier alpha value is -0.130. The molecule has 0 aliphatic heterocycles. The molecule has 5 heteroatoms. The van der Waals surface area contributed by atoms with Gasteiger partial charge in [-0.1, -0.05) is 0 Å². The molecule has 0 rings (SSSR count). The van der Waals surface area contributed by atoms with Crippen molar-refractivity contribution in [1.29, 1.82) is 0 Å². The minimum Gasteiger partial charge on any atom is -0.396 e. The molecule has 4 nitrogen and oxygen atoms in total. The van der Waals surface area contributed by atoms with Crippen LogP contribution in [0.3, 0.4) is 0 Å². The number of hydrogen-bond donors (Lipinski definition) is 1. The van der Waals surface area contributed by atoms with Crippen LogP contribution >= 0.6 is 0 Å². The number of nitrogens with zero attached hydrogens (tertiary/aromatic N) is 1. The van der Waals surface area contributed by atoms with Crippen LogP contribution in [0.15, 0.2) is 0 Å². The van der Waals surface area contributed by atoms with Gasteiger partial charge in [-0.2, -0.15) is 0 Å². The summed E-state index contributed by atoms with van der Waals surface area (Å²) in [5.74, 6) is 0.156. The SMILES string of the molecule is CCS(=O)(=O)N(C)CCCCCO. The van der Waals surface area contributed by atoms with Crippen molar-refractivity contribution in [3.8, 4) is 0 Å². The van der Waals surface area contributed by atoms with Crippen LogP contribution in [0.2, 0.25) is 0 Å². The second-order valence-electron chi connectivity index (χ2n) is 3.01. The summed E-state index contributed by atoms with van der Waals surface area (Å²) in [5, 5.41) is 8.51. The molecule has 13 heavy (non-hydrogen) atoms. The predicted molar refractivity (Wildman–Crippen MR) is 53.0 cm³/mol. The van der Waals surface area contributed by atoms with Crippen molar-refractivity contribution in [3.63, 3.8) is 0 Å². The summed E-state index contributed by atoms with van der Waals surface area (Å²) in [5.41, 5.74) is 0. The maximum Gasteiger partial charge on any atom is 0.213 e. The van der Waals surface area contributed by atoms with E-state index in [1.165, 1.54) is 4.31 Å². The average molecular weight is 209 g/mol. The van der Waals surface area contributed by atoms with E-state index in [1.54, 1.807) is 14.0 Å². The van der Waals surface area contributed by atoms with E-state index in [4.69, 9.17) is 5.11 Å². The maximum atomic E-state index is 11.2. The van der Waals surface area contributed by atoms with Gasteiger partial charge < -0.3 is 5.11 Å². The van der Waals surface area contributed by atoms with Crippen molar-refractivity contribution in [1.82, 2.24) is 4.31 Å². The first-order valence-electron chi connectivity index (χ1n) is 4.59. The average Bonchev–Trinajstić information content (AvgIpc) is 2.12. The third kappa shape index (κ3) is 5.23. The predicted octanol–water partition coefficient (Wildman–Crippen LogP) is 0.430. The van der Waals surface area contributed by atoms with Crippen molar-refractivity contribution < 1.29 is 13.5 Å². The minimum atomic E-state index is -3.01. The second kappa shape index (κ2) is 6.34. The Morgan fingerprint density at radius 1 is 1.23 bits per heavy atom. The number of unbranched alkanes of at least 4 members (excludes halogenated alkanes) is 2. The van der Waals surface area contributed by atoms with E-state index in [0.29, 0.717) is 6.54 Å². The Bertz CT molecular complexity index is 213. The summed E-state index contributed by atoms with van der Waals surface area (Å²) >= 11 is 0. The van der Waals surface area contributed by atoms with Crippen LogP contribution in [0, 0.1) is 0 Å². The van der Waals surface area contributed by atoms with E-state index >= 15 is 0 Å². The van der Waals surface area contributed by atoms with Crippen molar-refractivity contribution >= 4 is 10.0 Å². The number of aliphatic hydroxyl groups excluding tert-OH is 1. The Morgan fingerprint density at radius 3 is 2.31 bits per heavy atom. The molecule has 0 saturated heterocycles. The summed E-state index contributed by atoms with van der Waals surface area (Å²) in [4.78, 5) is 0. The van der Waals surface area contributed by atoms with Crippen LogP contribution in [0.1, 0.15) is 26.2 Å². The largest absolute Gasteiger partial charge is 0.396 e. The molecule has 0 fully saturated rings. The van der Waals surface area contributed by atoms with Crippen LogP contribution in [-0.4, -0.2) is 43.8 Å². The van der Waals surface area contributed by atoms with Gasteiger partial charge in [0.15, 0.2) is 0 Å². The third-order valence-electron chi connectivity index (χ3n) is 1.97. The Labute approximate surface area is 80.6 Å². The first-order chi connectivity index (χ1) is 6.04. The van der Waals surface area contributed by atoms with Gasteiger partial charge in [-0.05, 0) is 26.2 Å². The van der Waals surface area contributed by atoms with E-state index in [-0.39, 0.29) is 12.4 Å². The zero-order chi connectivity index (χ0) is 10.3. The highest BCUT2D eigenvalue weighted by molar-refractivity contribution is 7.89. The lowest BCUT2D eigenvalue weighted by Crippen LogP contribution is -2.29. The fraction of sp³-hybridized carbons (Fsp3) is 1.00. The van der Waals surface area contributed by atoms with Gasteiger partial charge in [0.05, 0.1) is 5.75 Å². The topological polar surface area (TPSA) is 57.6 Å². The van der Waals surface area contributed by atoms with Gasteiger partial charge >= 0.3 is 0 Å². The molecule has 0 saturated carbocycles. The molecule has 0 radical (unpaired) electrons. The normalized spacial score (nSPS) is 12.3. The van der Waals surface area contributed by atoms with Gasteiger partial charge in [0.2, 0.25) is 10.0 Å². The number of hydrogen-bond acceptors (Lipinski definition) is 3. The fourth-order valence-corrected chi connectivity index (χ4v) is 1.83. The summed E-state index contributed by atoms with van der Waals surface area (Å²) in [7, 11) is -1.42. The number of aliphatic hydroxyl groups is 1. The summed E-state index contributed by atoms with van der Waals surface area (Å²) < 4.78 is 23.9.